The van der Waals surface area contributed by atoms with Crippen LogP contribution in [-0.4, -0.2) is 36.9 Å². The number of pyridine rings is 1. The van der Waals surface area contributed by atoms with Gasteiger partial charge in [0.1, 0.15) is 11.4 Å². The number of carbonyl (C=O) groups is 2. The summed E-state index contributed by atoms with van der Waals surface area (Å²) in [6, 6.07) is 8.83. The smallest absolute Gasteiger partial charge is 0.269 e. The Hall–Kier alpha value is -2.93. The van der Waals surface area contributed by atoms with Crippen molar-refractivity contribution in [3.63, 3.8) is 0 Å². The summed E-state index contributed by atoms with van der Waals surface area (Å²) in [5, 5.41) is 8.69. The topological polar surface area (TPSA) is 92.4 Å². The van der Waals surface area contributed by atoms with E-state index in [0.717, 1.165) is 18.7 Å². The molecule has 7 nitrogen and oxygen atoms in total. The molecule has 1 atom stereocenters. The van der Waals surface area contributed by atoms with Gasteiger partial charge in [0.15, 0.2) is 5.75 Å². The normalized spacial score (nSPS) is 14.8. The number of nitrogens with zero attached hydrogens (tertiary/aromatic N) is 1. The average Bonchev–Trinajstić information content (AvgIpc) is 2.62. The zero-order chi connectivity index (χ0) is 19.4. The maximum Gasteiger partial charge on any atom is 0.269 e. The predicted octanol–water partition coefficient (Wildman–Crippen LogP) is 2.34. The fourth-order valence-corrected chi connectivity index (χ4v) is 2.80. The predicted molar refractivity (Wildman–Crippen MR) is 103 cm³/mol. The lowest BCUT2D eigenvalue weighted by Gasteiger charge is -2.31. The number of benzene rings is 1. The highest BCUT2D eigenvalue weighted by Gasteiger charge is 2.29. The minimum Gasteiger partial charge on any atom is -0.455 e. The lowest BCUT2D eigenvalue weighted by Crippen LogP contribution is -2.48. The first-order chi connectivity index (χ1) is 13.0. The number of hydrogen-bond donors (Lipinski definition) is 3. The van der Waals surface area contributed by atoms with E-state index in [1.54, 1.807) is 19.2 Å². The molecular weight excluding hydrogens is 344 g/mol. The minimum absolute atomic E-state index is 0.0315. The van der Waals surface area contributed by atoms with Crippen molar-refractivity contribution in [2.75, 3.05) is 25.5 Å². The highest BCUT2D eigenvalue weighted by atomic mass is 16.5. The molecule has 1 aromatic heterocycles. The maximum atomic E-state index is 12.6. The Bertz CT molecular complexity index is 849. The summed E-state index contributed by atoms with van der Waals surface area (Å²) < 4.78 is 5.96. The number of carbonyl (C=O) groups excluding carboxylic acids is 2. The fraction of sp³-hybridized carbons (Fsp3) is 0.350. The van der Waals surface area contributed by atoms with E-state index in [1.165, 1.54) is 6.20 Å². The largest absolute Gasteiger partial charge is 0.455 e. The van der Waals surface area contributed by atoms with E-state index >= 15 is 0 Å². The number of nitrogens with one attached hydrogen (secondary N) is 3. The first-order valence-electron chi connectivity index (χ1n) is 8.96. The summed E-state index contributed by atoms with van der Waals surface area (Å²) in [6.45, 7) is 5.62. The second-order valence-corrected chi connectivity index (χ2v) is 6.75. The van der Waals surface area contributed by atoms with Crippen LogP contribution in [0.25, 0.3) is 0 Å². The minimum atomic E-state index is -0.291. The molecule has 1 unspecified atom stereocenters. The van der Waals surface area contributed by atoms with Crippen molar-refractivity contribution in [1.82, 2.24) is 15.6 Å². The molecule has 3 rings (SSSR count). The second-order valence-electron chi connectivity index (χ2n) is 6.75. The van der Waals surface area contributed by atoms with E-state index in [2.05, 4.69) is 20.9 Å². The van der Waals surface area contributed by atoms with Gasteiger partial charge in [-0.25, -0.2) is 0 Å². The molecule has 0 saturated carbocycles. The van der Waals surface area contributed by atoms with Crippen LogP contribution >= 0.6 is 0 Å². The summed E-state index contributed by atoms with van der Waals surface area (Å²) in [5.74, 6) is 0.950. The Labute approximate surface area is 158 Å². The first-order valence-corrected chi connectivity index (χ1v) is 8.96. The Morgan fingerprint density at radius 1 is 1.26 bits per heavy atom. The van der Waals surface area contributed by atoms with Crippen molar-refractivity contribution < 1.29 is 14.3 Å². The SMILES string of the molecule is CNC(=O)c1cc(Oc2cc(C)ccc2NC(=O)C(C)C2CNC2)ccn1. The van der Waals surface area contributed by atoms with Gasteiger partial charge in [-0.3, -0.25) is 14.6 Å². The Balaban J connectivity index is 1.80. The van der Waals surface area contributed by atoms with Gasteiger partial charge >= 0.3 is 0 Å². The molecule has 1 fully saturated rings. The van der Waals surface area contributed by atoms with Gasteiger partial charge in [0, 0.05) is 25.2 Å². The zero-order valence-electron chi connectivity index (χ0n) is 15.7. The number of ether oxygens (including phenoxy) is 1. The lowest BCUT2D eigenvalue weighted by atomic mass is 9.88. The van der Waals surface area contributed by atoms with Gasteiger partial charge < -0.3 is 20.7 Å². The van der Waals surface area contributed by atoms with E-state index in [4.69, 9.17) is 4.74 Å². The van der Waals surface area contributed by atoms with Gasteiger partial charge in [-0.05, 0) is 49.7 Å². The maximum absolute atomic E-state index is 12.6. The molecular formula is C20H24N4O3. The highest BCUT2D eigenvalue weighted by molar-refractivity contribution is 5.94. The van der Waals surface area contributed by atoms with Gasteiger partial charge in [-0.2, -0.15) is 0 Å². The third kappa shape index (κ3) is 4.43. The van der Waals surface area contributed by atoms with Crippen molar-refractivity contribution in [3.05, 3.63) is 47.8 Å². The highest BCUT2D eigenvalue weighted by Crippen LogP contribution is 2.31. The fourth-order valence-electron chi connectivity index (χ4n) is 2.80. The number of anilines is 1. The second kappa shape index (κ2) is 8.18. The summed E-state index contributed by atoms with van der Waals surface area (Å²) in [4.78, 5) is 28.4. The van der Waals surface area contributed by atoms with E-state index in [0.29, 0.717) is 23.1 Å². The number of rotatable bonds is 6. The van der Waals surface area contributed by atoms with E-state index in [-0.39, 0.29) is 23.4 Å². The average molecular weight is 368 g/mol. The Kier molecular flexibility index (Phi) is 5.71. The van der Waals surface area contributed by atoms with Crippen LogP contribution in [0.1, 0.15) is 23.0 Å². The zero-order valence-corrected chi connectivity index (χ0v) is 15.7. The van der Waals surface area contributed by atoms with E-state index < -0.39 is 0 Å². The summed E-state index contributed by atoms with van der Waals surface area (Å²) >= 11 is 0. The summed E-state index contributed by atoms with van der Waals surface area (Å²) in [7, 11) is 1.55. The number of hydrogen-bond acceptors (Lipinski definition) is 5. The molecule has 2 heterocycles. The van der Waals surface area contributed by atoms with Gasteiger partial charge in [-0.1, -0.05) is 13.0 Å². The molecule has 2 aromatic rings. The molecule has 0 radical (unpaired) electrons. The van der Waals surface area contributed by atoms with Crippen molar-refractivity contribution in [1.29, 1.82) is 0 Å². The van der Waals surface area contributed by atoms with Crippen LogP contribution in [-0.2, 0) is 4.79 Å². The number of aryl methyl sites for hydroxylation is 1. The van der Waals surface area contributed by atoms with Gasteiger partial charge in [0.25, 0.3) is 5.91 Å². The molecule has 0 aliphatic carbocycles. The molecule has 142 valence electrons. The van der Waals surface area contributed by atoms with Gasteiger partial charge in [0.2, 0.25) is 5.91 Å². The molecule has 1 aliphatic rings. The monoisotopic (exact) mass is 368 g/mol. The molecule has 0 spiro atoms. The van der Waals surface area contributed by atoms with Crippen molar-refractivity contribution >= 4 is 17.5 Å². The van der Waals surface area contributed by atoms with Crippen LogP contribution in [0.15, 0.2) is 36.5 Å². The van der Waals surface area contributed by atoms with Crippen LogP contribution < -0.4 is 20.7 Å². The molecule has 1 aliphatic heterocycles. The van der Waals surface area contributed by atoms with Gasteiger partial charge in [0.05, 0.1) is 5.69 Å². The number of amides is 2. The van der Waals surface area contributed by atoms with Crippen LogP contribution in [0.5, 0.6) is 11.5 Å². The van der Waals surface area contributed by atoms with Gasteiger partial charge in [-0.15, -0.1) is 0 Å². The summed E-state index contributed by atoms with van der Waals surface area (Å²) in [6.07, 6.45) is 1.51. The number of aromatic nitrogens is 1. The van der Waals surface area contributed by atoms with Crippen molar-refractivity contribution in [2.24, 2.45) is 11.8 Å². The molecule has 27 heavy (non-hydrogen) atoms. The molecule has 7 heteroatoms. The summed E-state index contributed by atoms with van der Waals surface area (Å²) in [5.41, 5.74) is 1.86. The third-order valence-corrected chi connectivity index (χ3v) is 4.75. The molecule has 2 amide bonds. The molecule has 3 N–H and O–H groups in total. The molecule has 1 saturated heterocycles. The molecule has 1 aromatic carbocycles. The van der Waals surface area contributed by atoms with Crippen molar-refractivity contribution in [3.8, 4) is 11.5 Å². The quantitative estimate of drug-likeness (QED) is 0.728. The Morgan fingerprint density at radius 3 is 2.70 bits per heavy atom. The van der Waals surface area contributed by atoms with E-state index in [9.17, 15) is 9.59 Å². The third-order valence-electron chi connectivity index (χ3n) is 4.75. The van der Waals surface area contributed by atoms with Crippen LogP contribution in [0.4, 0.5) is 5.69 Å². The van der Waals surface area contributed by atoms with Crippen LogP contribution in [0, 0.1) is 18.8 Å². The van der Waals surface area contributed by atoms with Crippen molar-refractivity contribution in [2.45, 2.75) is 13.8 Å². The lowest BCUT2D eigenvalue weighted by molar-refractivity contribution is -0.121. The standard InChI is InChI=1S/C20H24N4O3/c1-12-4-5-16(24-19(25)13(2)14-10-22-11-14)18(8-12)27-15-6-7-23-17(9-15)20(26)21-3/h4-9,13-14,22H,10-11H2,1-3H3,(H,21,26)(H,24,25). The first kappa shape index (κ1) is 18.8. The van der Waals surface area contributed by atoms with Crippen LogP contribution in [0.3, 0.4) is 0 Å². The Morgan fingerprint density at radius 2 is 2.04 bits per heavy atom. The van der Waals surface area contributed by atoms with E-state index in [1.807, 2.05) is 32.0 Å². The van der Waals surface area contributed by atoms with Crippen LogP contribution in [0.2, 0.25) is 0 Å². The molecule has 0 bridgehead atoms.